The summed E-state index contributed by atoms with van der Waals surface area (Å²) in [6, 6.07) is -0.476. The molecule has 0 spiro atoms. The van der Waals surface area contributed by atoms with Crippen molar-refractivity contribution in [1.82, 2.24) is 9.97 Å². The summed E-state index contributed by atoms with van der Waals surface area (Å²) in [4.78, 5) is 8.02. The smallest absolute Gasteiger partial charge is 0.323 e. The number of hydrogen-bond donors (Lipinski definition) is 1. The number of aryl methyl sites for hydroxylation is 1. The summed E-state index contributed by atoms with van der Waals surface area (Å²) in [5, 5.41) is 0. The lowest BCUT2D eigenvalue weighted by Gasteiger charge is -2.11. The van der Waals surface area contributed by atoms with E-state index in [0.717, 1.165) is 5.69 Å². The maximum absolute atomic E-state index is 11.9. The highest BCUT2D eigenvalue weighted by Gasteiger charge is 2.26. The molecule has 0 amide bonds. The lowest BCUT2D eigenvalue weighted by molar-refractivity contribution is -0.135. The van der Waals surface area contributed by atoms with E-state index in [1.165, 1.54) is 6.20 Å². The Kier molecular flexibility index (Phi) is 4.23. The zero-order valence-electron chi connectivity index (χ0n) is 8.96. The van der Waals surface area contributed by atoms with Crippen LogP contribution in [0.4, 0.5) is 13.2 Å². The average Bonchev–Trinajstić information content (AvgIpc) is 2.16. The molecule has 0 aromatic carbocycles. The van der Waals surface area contributed by atoms with Gasteiger partial charge in [0.1, 0.15) is 0 Å². The molecule has 6 heteroatoms. The molecule has 1 unspecified atom stereocenters. The SMILES string of the molecule is Cc1cnc(C(N)CCCC(F)(F)F)cn1. The Morgan fingerprint density at radius 3 is 2.50 bits per heavy atom. The molecule has 0 fully saturated rings. The van der Waals surface area contributed by atoms with E-state index in [9.17, 15) is 13.2 Å². The van der Waals surface area contributed by atoms with Crippen molar-refractivity contribution >= 4 is 0 Å². The Bertz CT molecular complexity index is 321. The lowest BCUT2D eigenvalue weighted by Crippen LogP contribution is -2.14. The number of nitrogens with two attached hydrogens (primary N) is 1. The second-order valence-corrected chi connectivity index (χ2v) is 3.70. The molecule has 1 aromatic heterocycles. The third-order valence-electron chi connectivity index (χ3n) is 2.16. The van der Waals surface area contributed by atoms with Gasteiger partial charge in [-0.1, -0.05) is 0 Å². The van der Waals surface area contributed by atoms with Crippen LogP contribution in [0.25, 0.3) is 0 Å². The van der Waals surface area contributed by atoms with Gasteiger partial charge in [0, 0.05) is 18.7 Å². The third-order valence-corrected chi connectivity index (χ3v) is 2.16. The second kappa shape index (κ2) is 5.25. The number of hydrogen-bond acceptors (Lipinski definition) is 3. The molecule has 0 saturated carbocycles. The van der Waals surface area contributed by atoms with Gasteiger partial charge in [-0.05, 0) is 19.8 Å². The van der Waals surface area contributed by atoms with Gasteiger partial charge in [-0.2, -0.15) is 13.2 Å². The van der Waals surface area contributed by atoms with Crippen LogP contribution < -0.4 is 5.73 Å². The van der Waals surface area contributed by atoms with E-state index in [1.54, 1.807) is 13.1 Å². The van der Waals surface area contributed by atoms with Crippen LogP contribution >= 0.6 is 0 Å². The Hall–Kier alpha value is -1.17. The minimum absolute atomic E-state index is 0.0141. The Morgan fingerprint density at radius 1 is 1.31 bits per heavy atom. The summed E-state index contributed by atoms with van der Waals surface area (Å²) < 4.78 is 35.7. The summed E-state index contributed by atoms with van der Waals surface area (Å²) >= 11 is 0. The monoisotopic (exact) mass is 233 g/mol. The predicted octanol–water partition coefficient (Wildman–Crippen LogP) is 2.52. The van der Waals surface area contributed by atoms with E-state index in [4.69, 9.17) is 5.73 Å². The largest absolute Gasteiger partial charge is 0.389 e. The highest BCUT2D eigenvalue weighted by Crippen LogP contribution is 2.24. The molecule has 0 saturated heterocycles. The molecule has 16 heavy (non-hydrogen) atoms. The van der Waals surface area contributed by atoms with Gasteiger partial charge in [-0.3, -0.25) is 9.97 Å². The minimum Gasteiger partial charge on any atom is -0.323 e. The quantitative estimate of drug-likeness (QED) is 0.869. The van der Waals surface area contributed by atoms with Gasteiger partial charge < -0.3 is 5.73 Å². The molecule has 1 rings (SSSR count). The first kappa shape index (κ1) is 12.9. The molecule has 0 bridgehead atoms. The zero-order chi connectivity index (χ0) is 12.2. The molecule has 3 nitrogen and oxygen atoms in total. The molecule has 1 atom stereocenters. The van der Waals surface area contributed by atoms with Gasteiger partial charge >= 0.3 is 6.18 Å². The fourth-order valence-corrected chi connectivity index (χ4v) is 1.26. The van der Waals surface area contributed by atoms with Crippen LogP contribution in [0.1, 0.15) is 36.7 Å². The summed E-state index contributed by atoms with van der Waals surface area (Å²) in [5.74, 6) is 0. The van der Waals surface area contributed by atoms with Crippen LogP contribution in [0.3, 0.4) is 0 Å². The molecule has 2 N–H and O–H groups in total. The van der Waals surface area contributed by atoms with Gasteiger partial charge in [0.15, 0.2) is 0 Å². The highest BCUT2D eigenvalue weighted by atomic mass is 19.4. The van der Waals surface area contributed by atoms with E-state index < -0.39 is 18.6 Å². The predicted molar refractivity (Wildman–Crippen MR) is 53.6 cm³/mol. The summed E-state index contributed by atoms with van der Waals surface area (Å²) in [6.07, 6.45) is -1.58. The first-order valence-electron chi connectivity index (χ1n) is 4.99. The van der Waals surface area contributed by atoms with Gasteiger partial charge in [0.05, 0.1) is 17.6 Å². The molecular weight excluding hydrogens is 219 g/mol. The molecule has 0 aliphatic carbocycles. The van der Waals surface area contributed by atoms with Crippen LogP contribution in [-0.4, -0.2) is 16.1 Å². The van der Waals surface area contributed by atoms with Crippen molar-refractivity contribution in [3.05, 3.63) is 23.8 Å². The topological polar surface area (TPSA) is 51.8 Å². The van der Waals surface area contributed by atoms with Crippen LogP contribution in [0.15, 0.2) is 12.4 Å². The van der Waals surface area contributed by atoms with Crippen LogP contribution in [0.5, 0.6) is 0 Å². The van der Waals surface area contributed by atoms with Gasteiger partial charge in [-0.25, -0.2) is 0 Å². The average molecular weight is 233 g/mol. The Labute approximate surface area is 91.9 Å². The van der Waals surface area contributed by atoms with Crippen LogP contribution in [0.2, 0.25) is 0 Å². The first-order valence-corrected chi connectivity index (χ1v) is 4.99. The first-order chi connectivity index (χ1) is 7.38. The van der Waals surface area contributed by atoms with E-state index in [1.807, 2.05) is 0 Å². The molecule has 90 valence electrons. The van der Waals surface area contributed by atoms with Crippen molar-refractivity contribution in [2.75, 3.05) is 0 Å². The number of halogens is 3. The summed E-state index contributed by atoms with van der Waals surface area (Å²) in [5.41, 5.74) is 7.00. The molecule has 1 heterocycles. The number of alkyl halides is 3. The third kappa shape index (κ3) is 4.57. The van der Waals surface area contributed by atoms with Crippen LogP contribution in [-0.2, 0) is 0 Å². The number of rotatable bonds is 4. The molecule has 0 radical (unpaired) electrons. The van der Waals surface area contributed by atoms with Gasteiger partial charge in [0.2, 0.25) is 0 Å². The summed E-state index contributed by atoms with van der Waals surface area (Å²) in [7, 11) is 0. The number of aromatic nitrogens is 2. The van der Waals surface area contributed by atoms with Gasteiger partial charge in [-0.15, -0.1) is 0 Å². The van der Waals surface area contributed by atoms with Crippen molar-refractivity contribution < 1.29 is 13.2 Å². The van der Waals surface area contributed by atoms with E-state index in [-0.39, 0.29) is 12.8 Å². The molecule has 1 aromatic rings. The van der Waals surface area contributed by atoms with Crippen molar-refractivity contribution in [3.8, 4) is 0 Å². The standard InChI is InChI=1S/C10H14F3N3/c1-7-5-16-9(6-15-7)8(14)3-2-4-10(11,12)13/h5-6,8H,2-4,14H2,1H3. The van der Waals surface area contributed by atoms with Crippen molar-refractivity contribution in [2.24, 2.45) is 5.73 Å². The fourth-order valence-electron chi connectivity index (χ4n) is 1.26. The molecular formula is C10H14F3N3. The Morgan fingerprint density at radius 2 is 2.00 bits per heavy atom. The van der Waals surface area contributed by atoms with Crippen molar-refractivity contribution in [3.63, 3.8) is 0 Å². The lowest BCUT2D eigenvalue weighted by atomic mass is 10.1. The molecule has 0 aliphatic heterocycles. The van der Waals surface area contributed by atoms with E-state index in [2.05, 4.69) is 9.97 Å². The zero-order valence-corrected chi connectivity index (χ0v) is 8.96. The number of nitrogens with zero attached hydrogens (tertiary/aromatic N) is 2. The van der Waals surface area contributed by atoms with Crippen LogP contribution in [0, 0.1) is 6.92 Å². The normalized spacial score (nSPS) is 13.8. The minimum atomic E-state index is -4.11. The maximum Gasteiger partial charge on any atom is 0.389 e. The van der Waals surface area contributed by atoms with Gasteiger partial charge in [0.25, 0.3) is 0 Å². The fraction of sp³-hybridized carbons (Fsp3) is 0.600. The van der Waals surface area contributed by atoms with Crippen molar-refractivity contribution in [1.29, 1.82) is 0 Å². The Balaban J connectivity index is 2.41. The van der Waals surface area contributed by atoms with E-state index in [0.29, 0.717) is 5.69 Å². The summed E-state index contributed by atoms with van der Waals surface area (Å²) in [6.45, 7) is 1.78. The maximum atomic E-state index is 11.9. The van der Waals surface area contributed by atoms with Crippen molar-refractivity contribution in [2.45, 2.75) is 38.4 Å². The highest BCUT2D eigenvalue weighted by molar-refractivity contribution is 5.04. The molecule has 0 aliphatic rings. The second-order valence-electron chi connectivity index (χ2n) is 3.70. The van der Waals surface area contributed by atoms with E-state index >= 15 is 0 Å².